The first-order chi connectivity index (χ1) is 8.38. The summed E-state index contributed by atoms with van der Waals surface area (Å²) in [6.07, 6.45) is 0. The molecule has 3 N–H and O–H groups in total. The average molecular weight is 276 g/mol. The van der Waals surface area contributed by atoms with Crippen LogP contribution < -0.4 is 11.1 Å². The van der Waals surface area contributed by atoms with E-state index in [1.165, 1.54) is 11.8 Å². The number of ether oxygens (including phenoxy) is 1. The lowest BCUT2D eigenvalue weighted by atomic mass is 10.2. The van der Waals surface area contributed by atoms with Crippen molar-refractivity contribution in [2.45, 2.75) is 39.0 Å². The number of rotatable bonds is 8. The minimum Gasteiger partial charge on any atom is -0.465 e. The van der Waals surface area contributed by atoms with E-state index >= 15 is 0 Å². The van der Waals surface area contributed by atoms with Gasteiger partial charge in [-0.1, -0.05) is 13.8 Å². The molecule has 0 aromatic rings. The van der Waals surface area contributed by atoms with Crippen LogP contribution in [0.3, 0.4) is 0 Å². The Labute approximate surface area is 113 Å². The van der Waals surface area contributed by atoms with E-state index in [4.69, 9.17) is 10.5 Å². The molecule has 0 bridgehead atoms. The third-order valence-corrected chi connectivity index (χ3v) is 3.43. The molecule has 0 aromatic carbocycles. The van der Waals surface area contributed by atoms with Crippen LogP contribution in [0.4, 0.5) is 0 Å². The fourth-order valence-electron chi connectivity index (χ4n) is 1.09. The van der Waals surface area contributed by atoms with Gasteiger partial charge in [-0.25, -0.2) is 0 Å². The number of hydrogen-bond acceptors (Lipinski definition) is 5. The summed E-state index contributed by atoms with van der Waals surface area (Å²) < 4.78 is 4.80. The van der Waals surface area contributed by atoms with Crippen molar-refractivity contribution in [2.24, 2.45) is 11.7 Å². The molecule has 0 saturated heterocycles. The van der Waals surface area contributed by atoms with Crippen molar-refractivity contribution >= 4 is 23.6 Å². The molecule has 1 amide bonds. The summed E-state index contributed by atoms with van der Waals surface area (Å²) >= 11 is 1.36. The summed E-state index contributed by atoms with van der Waals surface area (Å²) in [6.45, 7) is 8.59. The molecule has 5 nitrogen and oxygen atoms in total. The average Bonchev–Trinajstić information content (AvgIpc) is 2.32. The number of nitrogens with two attached hydrogens (primary N) is 1. The molecule has 0 spiro atoms. The Balaban J connectivity index is 3.90. The van der Waals surface area contributed by atoms with Gasteiger partial charge in [-0.05, 0) is 19.8 Å². The van der Waals surface area contributed by atoms with Crippen molar-refractivity contribution in [1.82, 2.24) is 5.32 Å². The molecule has 0 aliphatic rings. The Morgan fingerprint density at radius 2 is 1.94 bits per heavy atom. The maximum atomic E-state index is 11.7. The van der Waals surface area contributed by atoms with E-state index in [-0.39, 0.29) is 11.2 Å². The van der Waals surface area contributed by atoms with E-state index in [1.54, 1.807) is 13.8 Å². The molecule has 18 heavy (non-hydrogen) atoms. The Kier molecular flexibility index (Phi) is 8.83. The Bertz CT molecular complexity index is 272. The van der Waals surface area contributed by atoms with Gasteiger partial charge in [-0.15, -0.1) is 11.8 Å². The summed E-state index contributed by atoms with van der Waals surface area (Å²) in [5, 5.41) is 2.62. The van der Waals surface area contributed by atoms with E-state index in [2.05, 4.69) is 5.32 Å². The summed E-state index contributed by atoms with van der Waals surface area (Å²) in [4.78, 5) is 22.9. The first-order valence-corrected chi connectivity index (χ1v) is 7.24. The minimum absolute atomic E-state index is 0.0234. The second-order valence-electron chi connectivity index (χ2n) is 4.47. The maximum absolute atomic E-state index is 11.7. The van der Waals surface area contributed by atoms with Gasteiger partial charge in [-0.2, -0.15) is 0 Å². The highest BCUT2D eigenvalue weighted by Crippen LogP contribution is 2.12. The second kappa shape index (κ2) is 9.22. The molecular weight excluding hydrogens is 252 g/mol. The van der Waals surface area contributed by atoms with Crippen LogP contribution in [0.15, 0.2) is 0 Å². The highest BCUT2D eigenvalue weighted by molar-refractivity contribution is 8.00. The van der Waals surface area contributed by atoms with Crippen LogP contribution in [0.25, 0.3) is 0 Å². The van der Waals surface area contributed by atoms with E-state index in [0.717, 1.165) is 0 Å². The molecule has 0 heterocycles. The third kappa shape index (κ3) is 7.55. The number of nitrogens with one attached hydrogen (secondary N) is 1. The fraction of sp³-hybridized carbons (Fsp3) is 0.833. The van der Waals surface area contributed by atoms with Crippen LogP contribution in [0.5, 0.6) is 0 Å². The van der Waals surface area contributed by atoms with Gasteiger partial charge < -0.3 is 15.8 Å². The molecule has 0 aromatic heterocycles. The monoisotopic (exact) mass is 276 g/mol. The quantitative estimate of drug-likeness (QED) is 0.640. The predicted molar refractivity (Wildman–Crippen MR) is 74.4 cm³/mol. The van der Waals surface area contributed by atoms with Gasteiger partial charge in [0.1, 0.15) is 6.04 Å². The molecule has 106 valence electrons. The zero-order chi connectivity index (χ0) is 14.1. The molecule has 0 fully saturated rings. The standard InChI is InChI=1S/C12H24N2O3S/c1-5-17-12(16)10(13)7-18-9(4)11(15)14-6-8(2)3/h8-10H,5-7,13H2,1-4H3,(H,14,15). The molecule has 2 atom stereocenters. The number of hydrogen-bond donors (Lipinski definition) is 2. The molecule has 2 unspecified atom stereocenters. The first kappa shape index (κ1) is 17.2. The minimum atomic E-state index is -0.671. The molecule has 0 radical (unpaired) electrons. The highest BCUT2D eigenvalue weighted by Gasteiger charge is 2.19. The lowest BCUT2D eigenvalue weighted by Crippen LogP contribution is -2.38. The topological polar surface area (TPSA) is 81.4 Å². The van der Waals surface area contributed by atoms with Crippen LogP contribution in [0.1, 0.15) is 27.7 Å². The van der Waals surface area contributed by atoms with Crippen molar-refractivity contribution < 1.29 is 14.3 Å². The van der Waals surface area contributed by atoms with Gasteiger partial charge in [0.25, 0.3) is 0 Å². The van der Waals surface area contributed by atoms with E-state index in [0.29, 0.717) is 24.8 Å². The SMILES string of the molecule is CCOC(=O)C(N)CSC(C)C(=O)NCC(C)C. The first-order valence-electron chi connectivity index (χ1n) is 6.20. The van der Waals surface area contributed by atoms with Crippen molar-refractivity contribution in [3.63, 3.8) is 0 Å². The van der Waals surface area contributed by atoms with Crippen molar-refractivity contribution in [1.29, 1.82) is 0 Å². The number of carbonyl (C=O) groups is 2. The molecule has 0 aliphatic heterocycles. The van der Waals surface area contributed by atoms with Gasteiger partial charge in [-0.3, -0.25) is 9.59 Å². The van der Waals surface area contributed by atoms with Crippen LogP contribution in [-0.2, 0) is 14.3 Å². The molecular formula is C12H24N2O3S. The summed E-state index contributed by atoms with van der Waals surface area (Å²) in [5.41, 5.74) is 5.65. The van der Waals surface area contributed by atoms with Gasteiger partial charge >= 0.3 is 5.97 Å². The van der Waals surface area contributed by atoms with Gasteiger partial charge in [0.15, 0.2) is 0 Å². The zero-order valence-corrected chi connectivity index (χ0v) is 12.4. The van der Waals surface area contributed by atoms with Crippen LogP contribution in [0, 0.1) is 5.92 Å². The van der Waals surface area contributed by atoms with E-state index in [1.807, 2.05) is 13.8 Å². The summed E-state index contributed by atoms with van der Waals surface area (Å²) in [5.74, 6) is 0.368. The van der Waals surface area contributed by atoms with Crippen LogP contribution in [0.2, 0.25) is 0 Å². The molecule has 0 rings (SSSR count). The lowest BCUT2D eigenvalue weighted by molar-refractivity contribution is -0.144. The summed E-state index contributed by atoms with van der Waals surface area (Å²) in [6, 6.07) is -0.671. The Morgan fingerprint density at radius 3 is 2.44 bits per heavy atom. The third-order valence-electron chi connectivity index (χ3n) is 2.17. The molecule has 6 heteroatoms. The van der Waals surface area contributed by atoms with Crippen molar-refractivity contribution in [2.75, 3.05) is 18.9 Å². The lowest BCUT2D eigenvalue weighted by Gasteiger charge is -2.15. The maximum Gasteiger partial charge on any atom is 0.323 e. The smallest absolute Gasteiger partial charge is 0.323 e. The predicted octanol–water partition coefficient (Wildman–Crippen LogP) is 0.771. The number of carbonyl (C=O) groups excluding carboxylic acids is 2. The zero-order valence-electron chi connectivity index (χ0n) is 11.6. The highest BCUT2D eigenvalue weighted by atomic mass is 32.2. The van der Waals surface area contributed by atoms with E-state index in [9.17, 15) is 9.59 Å². The van der Waals surface area contributed by atoms with Crippen molar-refractivity contribution in [3.05, 3.63) is 0 Å². The van der Waals surface area contributed by atoms with Gasteiger partial charge in [0, 0.05) is 12.3 Å². The Hall–Kier alpha value is -0.750. The largest absolute Gasteiger partial charge is 0.465 e. The number of thioether (sulfide) groups is 1. The fourth-order valence-corrected chi connectivity index (χ4v) is 1.96. The second-order valence-corrected chi connectivity index (χ2v) is 5.85. The summed E-state index contributed by atoms with van der Waals surface area (Å²) in [7, 11) is 0. The molecule has 0 saturated carbocycles. The van der Waals surface area contributed by atoms with E-state index < -0.39 is 12.0 Å². The van der Waals surface area contributed by atoms with Gasteiger partial charge in [0.2, 0.25) is 5.91 Å². The normalized spacial score (nSPS) is 14.1. The number of esters is 1. The van der Waals surface area contributed by atoms with Crippen molar-refractivity contribution in [3.8, 4) is 0 Å². The molecule has 0 aliphatic carbocycles. The number of amides is 1. The van der Waals surface area contributed by atoms with Crippen LogP contribution >= 0.6 is 11.8 Å². The van der Waals surface area contributed by atoms with Gasteiger partial charge in [0.05, 0.1) is 11.9 Å². The van der Waals surface area contributed by atoms with Crippen LogP contribution in [-0.4, -0.2) is 42.1 Å². The Morgan fingerprint density at radius 1 is 1.33 bits per heavy atom.